The van der Waals surface area contributed by atoms with E-state index in [0.717, 1.165) is 12.1 Å². The highest BCUT2D eigenvalue weighted by atomic mass is 19.4. The summed E-state index contributed by atoms with van der Waals surface area (Å²) in [5, 5.41) is 0. The van der Waals surface area contributed by atoms with Gasteiger partial charge in [0.05, 0.1) is 11.1 Å². The van der Waals surface area contributed by atoms with Crippen LogP contribution in [0.2, 0.25) is 0 Å². The number of hydrazine groups is 1. The fraction of sp³-hybridized carbons (Fsp3) is 0.231. The van der Waals surface area contributed by atoms with Crippen molar-refractivity contribution in [2.75, 3.05) is 5.43 Å². The number of rotatable bonds is 3. The number of ether oxygens (including phenoxy) is 1. The second-order valence-electron chi connectivity index (χ2n) is 4.32. The molecule has 0 bridgehead atoms. The average Bonchev–Trinajstić information content (AvgIpc) is 2.42. The van der Waals surface area contributed by atoms with Gasteiger partial charge in [-0.2, -0.15) is 18.2 Å². The van der Waals surface area contributed by atoms with Gasteiger partial charge >= 0.3 is 6.18 Å². The summed E-state index contributed by atoms with van der Waals surface area (Å²) in [5.74, 6) is 6.62. The van der Waals surface area contributed by atoms with E-state index >= 15 is 0 Å². The molecule has 8 heteroatoms. The summed E-state index contributed by atoms with van der Waals surface area (Å²) >= 11 is 0. The van der Waals surface area contributed by atoms with Crippen LogP contribution in [-0.4, -0.2) is 9.97 Å². The van der Waals surface area contributed by atoms with Crippen molar-refractivity contribution in [1.82, 2.24) is 9.97 Å². The highest BCUT2D eigenvalue weighted by molar-refractivity contribution is 5.48. The number of alkyl halides is 3. The Morgan fingerprint density at radius 3 is 2.24 bits per heavy atom. The highest BCUT2D eigenvalue weighted by Crippen LogP contribution is 2.32. The molecule has 0 fully saturated rings. The van der Waals surface area contributed by atoms with Gasteiger partial charge in [0.15, 0.2) is 0 Å². The summed E-state index contributed by atoms with van der Waals surface area (Å²) in [6.45, 7) is 3.34. The SMILES string of the molecule is Cc1nc(NN)c(C)c(Oc2ccc(C(F)(F)F)cc2)n1. The van der Waals surface area contributed by atoms with Crippen LogP contribution in [0.5, 0.6) is 11.6 Å². The first-order chi connectivity index (χ1) is 9.81. The summed E-state index contributed by atoms with van der Waals surface area (Å²) in [7, 11) is 0. The number of hydrogen-bond donors (Lipinski definition) is 2. The van der Waals surface area contributed by atoms with E-state index in [4.69, 9.17) is 10.6 Å². The first-order valence-corrected chi connectivity index (χ1v) is 5.98. The standard InChI is InChI=1S/C13H13F3N4O/c1-7-11(20-17)18-8(2)19-12(7)21-10-5-3-9(4-6-10)13(14,15)16/h3-6H,17H2,1-2H3,(H,18,19,20). The molecule has 0 atom stereocenters. The van der Waals surface area contributed by atoms with Gasteiger partial charge in [0.25, 0.3) is 0 Å². The van der Waals surface area contributed by atoms with Crippen LogP contribution in [0.4, 0.5) is 19.0 Å². The van der Waals surface area contributed by atoms with Crippen molar-refractivity contribution in [2.24, 2.45) is 5.84 Å². The zero-order valence-corrected chi connectivity index (χ0v) is 11.3. The molecule has 5 nitrogen and oxygen atoms in total. The number of anilines is 1. The summed E-state index contributed by atoms with van der Waals surface area (Å²) < 4.78 is 42.9. The number of hydrogen-bond acceptors (Lipinski definition) is 5. The summed E-state index contributed by atoms with van der Waals surface area (Å²) in [5.41, 5.74) is 2.23. The molecule has 0 unspecified atom stereocenters. The van der Waals surface area contributed by atoms with Crippen molar-refractivity contribution in [2.45, 2.75) is 20.0 Å². The van der Waals surface area contributed by atoms with E-state index in [-0.39, 0.29) is 11.6 Å². The second-order valence-corrected chi connectivity index (χ2v) is 4.32. The topological polar surface area (TPSA) is 73.1 Å². The molecular formula is C13H13F3N4O. The molecule has 0 amide bonds. The second kappa shape index (κ2) is 5.57. The molecule has 0 radical (unpaired) electrons. The quantitative estimate of drug-likeness (QED) is 0.672. The largest absolute Gasteiger partial charge is 0.439 e. The molecule has 0 spiro atoms. The summed E-state index contributed by atoms with van der Waals surface area (Å²) in [4.78, 5) is 8.16. The van der Waals surface area contributed by atoms with E-state index in [0.29, 0.717) is 17.2 Å². The van der Waals surface area contributed by atoms with Gasteiger partial charge in [-0.15, -0.1) is 0 Å². The minimum atomic E-state index is -4.38. The molecule has 0 aliphatic rings. The lowest BCUT2D eigenvalue weighted by Gasteiger charge is -2.12. The fourth-order valence-electron chi connectivity index (χ4n) is 1.67. The zero-order valence-electron chi connectivity index (χ0n) is 11.3. The van der Waals surface area contributed by atoms with Crippen molar-refractivity contribution >= 4 is 5.82 Å². The lowest BCUT2D eigenvalue weighted by Crippen LogP contribution is -2.12. The molecule has 0 saturated heterocycles. The summed E-state index contributed by atoms with van der Waals surface area (Å²) in [6, 6.07) is 4.35. The maximum atomic E-state index is 12.5. The van der Waals surface area contributed by atoms with Crippen molar-refractivity contribution in [3.8, 4) is 11.6 Å². The van der Waals surface area contributed by atoms with Crippen LogP contribution in [0, 0.1) is 13.8 Å². The lowest BCUT2D eigenvalue weighted by atomic mass is 10.2. The van der Waals surface area contributed by atoms with Crippen molar-refractivity contribution < 1.29 is 17.9 Å². The van der Waals surface area contributed by atoms with Crippen LogP contribution in [0.25, 0.3) is 0 Å². The number of halogens is 3. The van der Waals surface area contributed by atoms with E-state index < -0.39 is 11.7 Å². The number of nitrogens with one attached hydrogen (secondary N) is 1. The first kappa shape index (κ1) is 15.0. The summed E-state index contributed by atoms with van der Waals surface area (Å²) in [6.07, 6.45) is -4.38. The third kappa shape index (κ3) is 3.40. The Hall–Kier alpha value is -2.35. The molecular weight excluding hydrogens is 285 g/mol. The molecule has 1 aromatic heterocycles. The fourth-order valence-corrected chi connectivity index (χ4v) is 1.67. The molecule has 2 rings (SSSR count). The maximum absolute atomic E-state index is 12.5. The van der Waals surface area contributed by atoms with Gasteiger partial charge in [0.2, 0.25) is 5.88 Å². The Bertz CT molecular complexity index is 641. The molecule has 21 heavy (non-hydrogen) atoms. The molecule has 0 aliphatic heterocycles. The Kier molecular flexibility index (Phi) is 3.99. The Balaban J connectivity index is 2.28. The molecule has 2 aromatic rings. The maximum Gasteiger partial charge on any atom is 0.416 e. The third-order valence-electron chi connectivity index (χ3n) is 2.75. The van der Waals surface area contributed by atoms with E-state index in [1.54, 1.807) is 13.8 Å². The van der Waals surface area contributed by atoms with Crippen LogP contribution in [-0.2, 0) is 6.18 Å². The van der Waals surface area contributed by atoms with Crippen molar-refractivity contribution in [3.63, 3.8) is 0 Å². The average molecular weight is 298 g/mol. The normalized spacial score (nSPS) is 11.3. The number of nitrogens with zero attached hydrogens (tertiary/aromatic N) is 2. The van der Waals surface area contributed by atoms with E-state index in [1.165, 1.54) is 12.1 Å². The molecule has 1 heterocycles. The number of nitrogen functional groups attached to an aromatic ring is 1. The molecule has 112 valence electrons. The Morgan fingerprint density at radius 1 is 1.10 bits per heavy atom. The van der Waals surface area contributed by atoms with Crippen LogP contribution in [0.15, 0.2) is 24.3 Å². The van der Waals surface area contributed by atoms with E-state index in [2.05, 4.69) is 15.4 Å². The Labute approximate surface area is 118 Å². The predicted octanol–water partition coefficient (Wildman–Crippen LogP) is 3.19. The minimum absolute atomic E-state index is 0.232. The van der Waals surface area contributed by atoms with Gasteiger partial charge < -0.3 is 10.2 Å². The monoisotopic (exact) mass is 298 g/mol. The lowest BCUT2D eigenvalue weighted by molar-refractivity contribution is -0.137. The predicted molar refractivity (Wildman–Crippen MR) is 70.8 cm³/mol. The van der Waals surface area contributed by atoms with Crippen LogP contribution >= 0.6 is 0 Å². The number of benzene rings is 1. The van der Waals surface area contributed by atoms with E-state index in [9.17, 15) is 13.2 Å². The van der Waals surface area contributed by atoms with Gasteiger partial charge in [-0.3, -0.25) is 0 Å². The van der Waals surface area contributed by atoms with Gasteiger partial charge in [0.1, 0.15) is 17.4 Å². The smallest absolute Gasteiger partial charge is 0.416 e. The van der Waals surface area contributed by atoms with Gasteiger partial charge in [-0.1, -0.05) is 0 Å². The molecule has 1 aromatic carbocycles. The third-order valence-corrected chi connectivity index (χ3v) is 2.75. The number of aromatic nitrogens is 2. The Morgan fingerprint density at radius 2 is 1.71 bits per heavy atom. The van der Waals surface area contributed by atoms with Crippen LogP contribution < -0.4 is 16.0 Å². The van der Waals surface area contributed by atoms with Crippen LogP contribution in [0.3, 0.4) is 0 Å². The van der Waals surface area contributed by atoms with Crippen LogP contribution in [0.1, 0.15) is 17.0 Å². The minimum Gasteiger partial charge on any atom is -0.439 e. The molecule has 0 aliphatic carbocycles. The number of aryl methyl sites for hydroxylation is 1. The van der Waals surface area contributed by atoms with Gasteiger partial charge in [-0.25, -0.2) is 10.8 Å². The van der Waals surface area contributed by atoms with Gasteiger partial charge in [0, 0.05) is 0 Å². The van der Waals surface area contributed by atoms with Crippen molar-refractivity contribution in [3.05, 3.63) is 41.2 Å². The first-order valence-electron chi connectivity index (χ1n) is 5.98. The van der Waals surface area contributed by atoms with Crippen molar-refractivity contribution in [1.29, 1.82) is 0 Å². The number of nitrogens with two attached hydrogens (primary N) is 1. The van der Waals surface area contributed by atoms with E-state index in [1.807, 2.05) is 0 Å². The molecule has 0 saturated carbocycles. The highest BCUT2D eigenvalue weighted by Gasteiger charge is 2.30. The zero-order chi connectivity index (χ0) is 15.6. The molecule has 3 N–H and O–H groups in total. The van der Waals surface area contributed by atoms with Gasteiger partial charge in [-0.05, 0) is 38.1 Å².